The van der Waals surface area contributed by atoms with E-state index in [9.17, 15) is 5.26 Å². The van der Waals surface area contributed by atoms with E-state index in [1.54, 1.807) is 19.2 Å². The highest BCUT2D eigenvalue weighted by molar-refractivity contribution is 9.10. The van der Waals surface area contributed by atoms with Gasteiger partial charge in [-0.1, -0.05) is 40.2 Å². The van der Waals surface area contributed by atoms with Crippen molar-refractivity contribution in [3.63, 3.8) is 0 Å². The summed E-state index contributed by atoms with van der Waals surface area (Å²) >= 11 is 3.35. The Morgan fingerprint density at radius 1 is 1.25 bits per heavy atom. The lowest BCUT2D eigenvalue weighted by Gasteiger charge is -2.13. The Kier molecular flexibility index (Phi) is 4.65. The minimum absolute atomic E-state index is 0.402. The van der Waals surface area contributed by atoms with Gasteiger partial charge in [0.2, 0.25) is 0 Å². The second-order valence-corrected chi connectivity index (χ2v) is 5.23. The Morgan fingerprint density at radius 2 is 2.00 bits per heavy atom. The second kappa shape index (κ2) is 6.44. The highest BCUT2D eigenvalue weighted by atomic mass is 79.9. The number of nitrogens with zero attached hydrogens (tertiary/aromatic N) is 1. The maximum absolute atomic E-state index is 9.21. The van der Waals surface area contributed by atoms with Crippen LogP contribution in [0.15, 0.2) is 40.9 Å². The molecule has 0 aliphatic rings. The molecule has 2 aromatic rings. The fourth-order valence-electron chi connectivity index (χ4n) is 1.87. The van der Waals surface area contributed by atoms with Crippen LogP contribution in [0.5, 0.6) is 11.5 Å². The van der Waals surface area contributed by atoms with Crippen LogP contribution >= 0.6 is 15.9 Å². The number of nitriles is 1. The Labute approximate surface area is 126 Å². The average molecular weight is 332 g/mol. The predicted octanol–water partition coefficient (Wildman–Crippen LogP) is 4.22. The number of rotatable bonds is 4. The van der Waals surface area contributed by atoms with Gasteiger partial charge in [-0.25, -0.2) is 0 Å². The van der Waals surface area contributed by atoms with Crippen LogP contribution in [0.25, 0.3) is 0 Å². The molecular weight excluding hydrogens is 318 g/mol. The zero-order valence-electron chi connectivity index (χ0n) is 11.3. The van der Waals surface area contributed by atoms with E-state index in [-0.39, 0.29) is 0 Å². The van der Waals surface area contributed by atoms with Crippen LogP contribution in [0.3, 0.4) is 0 Å². The van der Waals surface area contributed by atoms with Gasteiger partial charge in [-0.2, -0.15) is 5.26 Å². The molecule has 0 N–H and O–H groups in total. The van der Waals surface area contributed by atoms with E-state index in [4.69, 9.17) is 9.47 Å². The third-order valence-corrected chi connectivity index (χ3v) is 3.45. The molecule has 0 aromatic heterocycles. The molecule has 2 aromatic carbocycles. The number of halogens is 1. The lowest BCUT2D eigenvalue weighted by Crippen LogP contribution is -2.01. The minimum atomic E-state index is 0.402. The van der Waals surface area contributed by atoms with E-state index in [1.165, 1.54) is 0 Å². The van der Waals surface area contributed by atoms with Crippen LogP contribution in [0.4, 0.5) is 0 Å². The molecule has 0 aliphatic heterocycles. The molecule has 0 fully saturated rings. The first kappa shape index (κ1) is 14.4. The molecule has 0 amide bonds. The number of methoxy groups -OCH3 is 1. The molecule has 102 valence electrons. The molecule has 0 saturated heterocycles. The molecule has 0 aliphatic carbocycles. The summed E-state index contributed by atoms with van der Waals surface area (Å²) in [7, 11) is 1.56. The van der Waals surface area contributed by atoms with Crippen molar-refractivity contribution in [2.24, 2.45) is 0 Å². The first-order chi connectivity index (χ1) is 9.65. The van der Waals surface area contributed by atoms with Crippen molar-refractivity contribution >= 4 is 15.9 Å². The van der Waals surface area contributed by atoms with Crippen molar-refractivity contribution in [3.05, 3.63) is 57.6 Å². The van der Waals surface area contributed by atoms with Crippen LogP contribution in [-0.4, -0.2) is 7.11 Å². The van der Waals surface area contributed by atoms with Crippen molar-refractivity contribution in [1.82, 2.24) is 0 Å². The molecule has 4 heteroatoms. The molecule has 20 heavy (non-hydrogen) atoms. The lowest BCUT2D eigenvalue weighted by atomic mass is 10.1. The third kappa shape index (κ3) is 3.12. The molecule has 0 unspecified atom stereocenters. The predicted molar refractivity (Wildman–Crippen MR) is 80.9 cm³/mol. The summed E-state index contributed by atoms with van der Waals surface area (Å²) in [5.41, 5.74) is 2.69. The molecule has 0 saturated carbocycles. The average Bonchev–Trinajstić information content (AvgIpc) is 2.46. The standard InChI is InChI=1S/C16H14BrNO2/c1-11-5-3-4-6-12(11)10-20-16-13(9-18)7-14(17)8-15(16)19-2/h3-8H,10H2,1-2H3. The van der Waals surface area contributed by atoms with Crippen molar-refractivity contribution in [2.75, 3.05) is 7.11 Å². The Hall–Kier alpha value is -1.99. The Bertz CT molecular complexity index is 662. The smallest absolute Gasteiger partial charge is 0.179 e. The molecule has 0 spiro atoms. The summed E-state index contributed by atoms with van der Waals surface area (Å²) in [4.78, 5) is 0. The fourth-order valence-corrected chi connectivity index (χ4v) is 2.31. The number of hydrogen-bond acceptors (Lipinski definition) is 3. The van der Waals surface area contributed by atoms with E-state index in [2.05, 4.69) is 22.0 Å². The molecule has 0 heterocycles. The summed E-state index contributed by atoms with van der Waals surface area (Å²) in [5, 5.41) is 9.21. The zero-order chi connectivity index (χ0) is 14.5. The van der Waals surface area contributed by atoms with Crippen LogP contribution in [0, 0.1) is 18.3 Å². The van der Waals surface area contributed by atoms with Gasteiger partial charge in [0.15, 0.2) is 11.5 Å². The lowest BCUT2D eigenvalue weighted by molar-refractivity contribution is 0.283. The van der Waals surface area contributed by atoms with Gasteiger partial charge in [0.1, 0.15) is 12.7 Å². The van der Waals surface area contributed by atoms with Gasteiger partial charge in [0.05, 0.1) is 12.7 Å². The third-order valence-electron chi connectivity index (χ3n) is 2.99. The van der Waals surface area contributed by atoms with Gasteiger partial charge in [0.25, 0.3) is 0 Å². The van der Waals surface area contributed by atoms with E-state index < -0.39 is 0 Å². The van der Waals surface area contributed by atoms with Gasteiger partial charge < -0.3 is 9.47 Å². The van der Waals surface area contributed by atoms with Crippen molar-refractivity contribution in [3.8, 4) is 17.6 Å². The monoisotopic (exact) mass is 331 g/mol. The van der Waals surface area contributed by atoms with E-state index in [1.807, 2.05) is 31.2 Å². The maximum Gasteiger partial charge on any atom is 0.179 e. The van der Waals surface area contributed by atoms with Crippen molar-refractivity contribution in [1.29, 1.82) is 5.26 Å². The highest BCUT2D eigenvalue weighted by Gasteiger charge is 2.13. The summed E-state index contributed by atoms with van der Waals surface area (Å²) < 4.78 is 11.9. The summed E-state index contributed by atoms with van der Waals surface area (Å²) in [6, 6.07) is 13.6. The first-order valence-corrected chi connectivity index (χ1v) is 6.90. The van der Waals surface area contributed by atoms with Gasteiger partial charge in [0, 0.05) is 4.47 Å². The number of benzene rings is 2. The molecule has 3 nitrogen and oxygen atoms in total. The summed E-state index contributed by atoms with van der Waals surface area (Å²) in [5.74, 6) is 1.02. The fraction of sp³-hybridized carbons (Fsp3) is 0.188. The Morgan fingerprint density at radius 3 is 2.65 bits per heavy atom. The van der Waals surface area contributed by atoms with Gasteiger partial charge in [-0.3, -0.25) is 0 Å². The zero-order valence-corrected chi connectivity index (χ0v) is 12.9. The van der Waals surface area contributed by atoms with Crippen LogP contribution in [0.1, 0.15) is 16.7 Å². The van der Waals surface area contributed by atoms with Crippen LogP contribution < -0.4 is 9.47 Å². The molecule has 0 bridgehead atoms. The van der Waals surface area contributed by atoms with Gasteiger partial charge >= 0.3 is 0 Å². The number of ether oxygens (including phenoxy) is 2. The molecular formula is C16H14BrNO2. The second-order valence-electron chi connectivity index (χ2n) is 4.31. The number of aryl methyl sites for hydroxylation is 1. The van der Waals surface area contributed by atoms with Crippen molar-refractivity contribution < 1.29 is 9.47 Å². The van der Waals surface area contributed by atoms with E-state index in [0.29, 0.717) is 23.7 Å². The minimum Gasteiger partial charge on any atom is -0.493 e. The van der Waals surface area contributed by atoms with Gasteiger partial charge in [-0.15, -0.1) is 0 Å². The molecule has 0 radical (unpaired) electrons. The van der Waals surface area contributed by atoms with Crippen LogP contribution in [-0.2, 0) is 6.61 Å². The topological polar surface area (TPSA) is 42.2 Å². The SMILES string of the molecule is COc1cc(Br)cc(C#N)c1OCc1ccccc1C. The van der Waals surface area contributed by atoms with E-state index >= 15 is 0 Å². The largest absolute Gasteiger partial charge is 0.493 e. The summed E-state index contributed by atoms with van der Waals surface area (Å²) in [6.45, 7) is 2.43. The number of hydrogen-bond donors (Lipinski definition) is 0. The molecule has 0 atom stereocenters. The first-order valence-electron chi connectivity index (χ1n) is 6.10. The quantitative estimate of drug-likeness (QED) is 0.842. The van der Waals surface area contributed by atoms with Crippen molar-refractivity contribution in [2.45, 2.75) is 13.5 Å². The normalized spacial score (nSPS) is 9.90. The van der Waals surface area contributed by atoms with E-state index in [0.717, 1.165) is 15.6 Å². The summed E-state index contributed by atoms with van der Waals surface area (Å²) in [6.07, 6.45) is 0. The molecule has 2 rings (SSSR count). The Balaban J connectivity index is 2.30. The van der Waals surface area contributed by atoms with Crippen LogP contribution in [0.2, 0.25) is 0 Å². The highest BCUT2D eigenvalue weighted by Crippen LogP contribution is 2.35. The maximum atomic E-state index is 9.21. The van der Waals surface area contributed by atoms with Gasteiger partial charge in [-0.05, 0) is 30.2 Å².